The molecule has 0 spiro atoms. The molecule has 0 aromatic carbocycles. The van der Waals surface area contributed by atoms with Crippen molar-refractivity contribution in [3.63, 3.8) is 0 Å². The molecule has 1 aromatic heterocycles. The first kappa shape index (κ1) is 14.2. The van der Waals surface area contributed by atoms with Gasteiger partial charge in [-0.25, -0.2) is 0 Å². The van der Waals surface area contributed by atoms with Crippen molar-refractivity contribution in [2.45, 2.75) is 65.3 Å². The van der Waals surface area contributed by atoms with E-state index in [9.17, 15) is 0 Å². The molecule has 1 atom stereocenters. The first-order valence-corrected chi connectivity index (χ1v) is 6.62. The zero-order valence-corrected chi connectivity index (χ0v) is 11.7. The van der Waals surface area contributed by atoms with Crippen LogP contribution in [0.2, 0.25) is 0 Å². The smallest absolute Gasteiger partial charge is 0.233 e. The summed E-state index contributed by atoms with van der Waals surface area (Å²) in [5, 5.41) is 11.8. The second-order valence-corrected chi connectivity index (χ2v) is 5.10. The number of aromatic nitrogens is 2. The van der Waals surface area contributed by atoms with Crippen LogP contribution >= 0.6 is 0 Å². The minimum atomic E-state index is -0.0334. The monoisotopic (exact) mass is 239 g/mol. The van der Waals surface area contributed by atoms with E-state index in [4.69, 9.17) is 4.42 Å². The summed E-state index contributed by atoms with van der Waals surface area (Å²) in [6.45, 7) is 11.7. The topological polar surface area (TPSA) is 51.0 Å². The average molecular weight is 239 g/mol. The van der Waals surface area contributed by atoms with Gasteiger partial charge in [0.15, 0.2) is 0 Å². The summed E-state index contributed by atoms with van der Waals surface area (Å²) in [4.78, 5) is 0. The molecule has 1 rings (SSSR count). The van der Waals surface area contributed by atoms with Crippen molar-refractivity contribution in [3.05, 3.63) is 11.8 Å². The van der Waals surface area contributed by atoms with Crippen molar-refractivity contribution in [2.24, 2.45) is 0 Å². The van der Waals surface area contributed by atoms with Crippen molar-refractivity contribution < 1.29 is 4.42 Å². The molecule has 1 N–H and O–H groups in total. The Morgan fingerprint density at radius 3 is 2.47 bits per heavy atom. The van der Waals surface area contributed by atoms with Crippen LogP contribution in [-0.4, -0.2) is 16.7 Å². The Bertz CT molecular complexity index is 333. The van der Waals surface area contributed by atoms with Crippen LogP contribution in [0.5, 0.6) is 0 Å². The van der Waals surface area contributed by atoms with E-state index in [1.807, 2.05) is 0 Å². The van der Waals surface area contributed by atoms with Crippen molar-refractivity contribution >= 4 is 0 Å². The highest BCUT2D eigenvalue weighted by Gasteiger charge is 2.26. The van der Waals surface area contributed by atoms with Crippen LogP contribution in [0.3, 0.4) is 0 Å². The Morgan fingerprint density at radius 1 is 1.24 bits per heavy atom. The summed E-state index contributed by atoms with van der Waals surface area (Å²) in [6, 6.07) is 0.184. The van der Waals surface area contributed by atoms with E-state index in [1.165, 1.54) is 0 Å². The minimum absolute atomic E-state index is 0.0334. The zero-order valence-electron chi connectivity index (χ0n) is 11.7. The fourth-order valence-corrected chi connectivity index (χ4v) is 1.52. The van der Waals surface area contributed by atoms with Gasteiger partial charge in [-0.3, -0.25) is 0 Å². The van der Waals surface area contributed by atoms with Crippen LogP contribution < -0.4 is 5.32 Å². The quantitative estimate of drug-likeness (QED) is 0.793. The third kappa shape index (κ3) is 3.53. The highest BCUT2D eigenvalue weighted by atomic mass is 16.4. The van der Waals surface area contributed by atoms with Gasteiger partial charge in [-0.2, -0.15) is 0 Å². The number of hydrogen-bond acceptors (Lipinski definition) is 4. The van der Waals surface area contributed by atoms with Crippen LogP contribution in [0.4, 0.5) is 0 Å². The van der Waals surface area contributed by atoms with E-state index in [2.05, 4.69) is 50.1 Å². The summed E-state index contributed by atoms with van der Waals surface area (Å²) in [6.07, 6.45) is 3.07. The Morgan fingerprint density at radius 2 is 1.94 bits per heavy atom. The van der Waals surface area contributed by atoms with Gasteiger partial charge in [0.2, 0.25) is 11.8 Å². The molecule has 0 aliphatic heterocycles. The average Bonchev–Trinajstić information content (AvgIpc) is 2.80. The Balaban J connectivity index is 2.78. The maximum atomic E-state index is 5.80. The molecule has 17 heavy (non-hydrogen) atoms. The molecule has 4 heteroatoms. The molecule has 1 unspecified atom stereocenters. The molecule has 4 nitrogen and oxygen atoms in total. The number of hydrogen-bond donors (Lipinski definition) is 1. The lowest BCUT2D eigenvalue weighted by Gasteiger charge is -2.17. The molecule has 0 saturated carbocycles. The molecule has 98 valence electrons. The van der Waals surface area contributed by atoms with E-state index in [0.29, 0.717) is 0 Å². The van der Waals surface area contributed by atoms with Gasteiger partial charge >= 0.3 is 0 Å². The van der Waals surface area contributed by atoms with Crippen LogP contribution in [-0.2, 0) is 5.41 Å². The van der Waals surface area contributed by atoms with Crippen LogP contribution in [0.25, 0.3) is 0 Å². The van der Waals surface area contributed by atoms with Crippen LogP contribution in [0, 0.1) is 0 Å². The van der Waals surface area contributed by atoms with Crippen LogP contribution in [0.1, 0.15) is 71.7 Å². The van der Waals surface area contributed by atoms with Gasteiger partial charge in [0.25, 0.3) is 0 Å². The molecule has 0 aliphatic carbocycles. The highest BCUT2D eigenvalue weighted by molar-refractivity contribution is 5.00. The largest absolute Gasteiger partial charge is 0.423 e. The standard InChI is InChI=1S/C13H25N3O/c1-6-9-14-10(7-2)11-15-16-12(17-11)13(4,5)8-3/h10,14H,6-9H2,1-5H3. The SMILES string of the molecule is CCCNC(CC)c1nnc(C(C)(C)CC)o1. The molecular formula is C13H25N3O. The van der Waals surface area contributed by atoms with Crippen LogP contribution in [0.15, 0.2) is 4.42 Å². The van der Waals surface area contributed by atoms with E-state index in [0.717, 1.165) is 37.6 Å². The van der Waals surface area contributed by atoms with E-state index < -0.39 is 0 Å². The third-order valence-electron chi connectivity index (χ3n) is 3.25. The minimum Gasteiger partial charge on any atom is -0.423 e. The first-order valence-electron chi connectivity index (χ1n) is 6.62. The van der Waals surface area contributed by atoms with Crippen molar-refractivity contribution in [2.75, 3.05) is 6.54 Å². The van der Waals surface area contributed by atoms with Gasteiger partial charge in [0, 0.05) is 5.41 Å². The van der Waals surface area contributed by atoms with Gasteiger partial charge in [-0.1, -0.05) is 34.6 Å². The zero-order chi connectivity index (χ0) is 12.9. The summed E-state index contributed by atoms with van der Waals surface area (Å²) < 4.78 is 5.80. The van der Waals surface area contributed by atoms with E-state index in [1.54, 1.807) is 0 Å². The van der Waals surface area contributed by atoms with E-state index >= 15 is 0 Å². The fraction of sp³-hybridized carbons (Fsp3) is 0.846. The van der Waals surface area contributed by atoms with Gasteiger partial charge < -0.3 is 9.73 Å². The Hall–Kier alpha value is -0.900. The molecule has 0 amide bonds. The summed E-state index contributed by atoms with van der Waals surface area (Å²) >= 11 is 0. The Labute approximate surface area is 104 Å². The molecule has 0 bridgehead atoms. The predicted molar refractivity (Wildman–Crippen MR) is 68.9 cm³/mol. The number of nitrogens with zero attached hydrogens (tertiary/aromatic N) is 2. The third-order valence-corrected chi connectivity index (χ3v) is 3.25. The second kappa shape index (κ2) is 6.15. The Kier molecular flexibility index (Phi) is 5.12. The first-order chi connectivity index (χ1) is 8.05. The summed E-state index contributed by atoms with van der Waals surface area (Å²) in [7, 11) is 0. The van der Waals surface area contributed by atoms with Gasteiger partial charge in [0.1, 0.15) is 0 Å². The number of rotatable bonds is 7. The van der Waals surface area contributed by atoms with Crippen molar-refractivity contribution in [1.29, 1.82) is 0 Å². The molecule has 1 heterocycles. The lowest BCUT2D eigenvalue weighted by molar-refractivity contribution is 0.317. The normalized spacial score (nSPS) is 13.9. The summed E-state index contributed by atoms with van der Waals surface area (Å²) in [5.41, 5.74) is -0.0334. The number of nitrogens with one attached hydrogen (secondary N) is 1. The molecule has 0 fully saturated rings. The van der Waals surface area contributed by atoms with Gasteiger partial charge in [-0.05, 0) is 25.8 Å². The van der Waals surface area contributed by atoms with Gasteiger partial charge in [0.05, 0.1) is 6.04 Å². The second-order valence-electron chi connectivity index (χ2n) is 5.10. The van der Waals surface area contributed by atoms with E-state index in [-0.39, 0.29) is 11.5 Å². The maximum absolute atomic E-state index is 5.80. The predicted octanol–water partition coefficient (Wildman–Crippen LogP) is 3.21. The summed E-state index contributed by atoms with van der Waals surface area (Å²) in [5.74, 6) is 1.46. The lowest BCUT2D eigenvalue weighted by Crippen LogP contribution is -2.21. The fourth-order valence-electron chi connectivity index (χ4n) is 1.52. The highest BCUT2D eigenvalue weighted by Crippen LogP contribution is 2.27. The molecule has 0 aliphatic rings. The molecular weight excluding hydrogens is 214 g/mol. The van der Waals surface area contributed by atoms with Gasteiger partial charge in [-0.15, -0.1) is 10.2 Å². The molecule has 1 aromatic rings. The molecule has 0 saturated heterocycles. The molecule has 0 radical (unpaired) electrons. The van der Waals surface area contributed by atoms with Crippen molar-refractivity contribution in [1.82, 2.24) is 15.5 Å². The lowest BCUT2D eigenvalue weighted by atomic mass is 9.90. The van der Waals surface area contributed by atoms with Crippen molar-refractivity contribution in [3.8, 4) is 0 Å². The maximum Gasteiger partial charge on any atom is 0.233 e.